The van der Waals surface area contributed by atoms with Crippen molar-refractivity contribution in [2.75, 3.05) is 51.6 Å². The fraction of sp³-hybridized carbons (Fsp3) is 0.760. The van der Waals surface area contributed by atoms with Gasteiger partial charge in [-0.05, 0) is 95.0 Å². The van der Waals surface area contributed by atoms with Crippen LogP contribution in [-0.4, -0.2) is 81.9 Å². The van der Waals surface area contributed by atoms with Crippen molar-refractivity contribution in [3.05, 3.63) is 27.7 Å². The first kappa shape index (κ1) is 31.3. The van der Waals surface area contributed by atoms with Crippen molar-refractivity contribution in [3.63, 3.8) is 0 Å². The summed E-state index contributed by atoms with van der Waals surface area (Å²) >= 11 is 11.9. The molecule has 3 fully saturated rings. The summed E-state index contributed by atoms with van der Waals surface area (Å²) in [7, 11) is -7.60. The van der Waals surface area contributed by atoms with E-state index >= 15 is 0 Å². The standard InChI is InChI=1S/C25H36Cl2F3N3O4S2/c26-22-17-21(25(28,29)30)18-23(27)24(22)39(36,37)33-14-6-20(7-15-33)8-16-38(34,35)32-12-4-19(5-13-32)3-11-31-9-1-2-10-31/h17-20H,1-16H2. The molecule has 0 aliphatic carbocycles. The number of hydrogen-bond acceptors (Lipinski definition) is 5. The Hall–Kier alpha value is -0.630. The molecule has 3 aliphatic heterocycles. The molecule has 7 nitrogen and oxygen atoms in total. The topological polar surface area (TPSA) is 78.0 Å². The van der Waals surface area contributed by atoms with E-state index in [4.69, 9.17) is 23.2 Å². The van der Waals surface area contributed by atoms with E-state index in [2.05, 4.69) is 4.90 Å². The van der Waals surface area contributed by atoms with Crippen LogP contribution < -0.4 is 0 Å². The van der Waals surface area contributed by atoms with E-state index < -0.39 is 46.7 Å². The van der Waals surface area contributed by atoms with E-state index in [0.29, 0.717) is 50.4 Å². The summed E-state index contributed by atoms with van der Waals surface area (Å²) in [6, 6.07) is 1.13. The molecule has 39 heavy (non-hydrogen) atoms. The molecule has 14 heteroatoms. The quantitative estimate of drug-likeness (QED) is 0.367. The van der Waals surface area contributed by atoms with Gasteiger partial charge in [-0.3, -0.25) is 0 Å². The number of sulfonamides is 2. The van der Waals surface area contributed by atoms with Crippen molar-refractivity contribution in [3.8, 4) is 0 Å². The zero-order chi connectivity index (χ0) is 28.4. The fourth-order valence-corrected chi connectivity index (χ4v) is 10.1. The van der Waals surface area contributed by atoms with Crippen LogP contribution in [0.15, 0.2) is 17.0 Å². The SMILES string of the molecule is O=S(=O)(CCC1CCN(S(=O)(=O)c2c(Cl)cc(C(F)(F)F)cc2Cl)CC1)N1CCC(CCN2CCCC2)CC1. The Morgan fingerprint density at radius 3 is 1.77 bits per heavy atom. The minimum Gasteiger partial charge on any atom is -0.303 e. The summed E-state index contributed by atoms with van der Waals surface area (Å²) in [5.41, 5.74) is -1.12. The summed E-state index contributed by atoms with van der Waals surface area (Å²) in [6.45, 7) is 4.79. The van der Waals surface area contributed by atoms with E-state index in [1.807, 2.05) is 0 Å². The van der Waals surface area contributed by atoms with Crippen molar-refractivity contribution in [2.24, 2.45) is 11.8 Å². The molecule has 0 bridgehead atoms. The highest BCUT2D eigenvalue weighted by atomic mass is 35.5. The number of nitrogens with zero attached hydrogens (tertiary/aromatic N) is 3. The summed E-state index contributed by atoms with van der Waals surface area (Å²) in [6.07, 6.45) is 2.06. The van der Waals surface area contributed by atoms with Crippen LogP contribution in [0, 0.1) is 11.8 Å². The zero-order valence-corrected chi connectivity index (χ0v) is 24.9. The molecule has 4 rings (SSSR count). The highest BCUT2D eigenvalue weighted by Gasteiger charge is 2.37. The van der Waals surface area contributed by atoms with Gasteiger partial charge in [0, 0.05) is 26.2 Å². The Labute approximate surface area is 239 Å². The molecule has 0 saturated carbocycles. The summed E-state index contributed by atoms with van der Waals surface area (Å²) in [5, 5.41) is -1.16. The van der Waals surface area contributed by atoms with Crippen molar-refractivity contribution in [2.45, 2.75) is 62.4 Å². The number of benzene rings is 1. The van der Waals surface area contributed by atoms with E-state index in [9.17, 15) is 30.0 Å². The molecule has 0 amide bonds. The van der Waals surface area contributed by atoms with E-state index in [1.54, 1.807) is 4.31 Å². The number of rotatable bonds is 9. The van der Waals surface area contributed by atoms with Gasteiger partial charge in [0.1, 0.15) is 4.90 Å². The van der Waals surface area contributed by atoms with Gasteiger partial charge in [0.15, 0.2) is 0 Å². The van der Waals surface area contributed by atoms with Gasteiger partial charge < -0.3 is 4.90 Å². The lowest BCUT2D eigenvalue weighted by atomic mass is 9.94. The first-order chi connectivity index (χ1) is 18.3. The Kier molecular flexibility index (Phi) is 10.2. The number of hydrogen-bond donors (Lipinski definition) is 0. The molecule has 0 N–H and O–H groups in total. The molecule has 1 aromatic carbocycles. The van der Waals surface area contributed by atoms with Crippen molar-refractivity contribution in [1.82, 2.24) is 13.5 Å². The Morgan fingerprint density at radius 1 is 0.769 bits per heavy atom. The van der Waals surface area contributed by atoms with Crippen molar-refractivity contribution >= 4 is 43.2 Å². The zero-order valence-electron chi connectivity index (χ0n) is 21.8. The van der Waals surface area contributed by atoms with Crippen LogP contribution in [0.1, 0.15) is 56.9 Å². The molecule has 3 heterocycles. The Morgan fingerprint density at radius 2 is 1.26 bits per heavy atom. The molecular weight excluding hydrogens is 598 g/mol. The van der Waals surface area contributed by atoms with Crippen LogP contribution in [0.4, 0.5) is 13.2 Å². The Balaban J connectivity index is 1.25. The van der Waals surface area contributed by atoms with Gasteiger partial charge in [0.25, 0.3) is 0 Å². The summed E-state index contributed by atoms with van der Waals surface area (Å²) in [5.74, 6) is 0.622. The van der Waals surface area contributed by atoms with Crippen LogP contribution in [0.3, 0.4) is 0 Å². The lowest BCUT2D eigenvalue weighted by molar-refractivity contribution is -0.137. The van der Waals surface area contributed by atoms with Crippen LogP contribution in [-0.2, 0) is 26.2 Å². The number of piperidine rings is 2. The maximum Gasteiger partial charge on any atom is 0.416 e. The van der Waals surface area contributed by atoms with Crippen LogP contribution >= 0.6 is 23.2 Å². The normalized spacial score (nSPS) is 22.1. The molecule has 222 valence electrons. The smallest absolute Gasteiger partial charge is 0.303 e. The first-order valence-electron chi connectivity index (χ1n) is 13.5. The third-order valence-corrected chi connectivity index (χ3v) is 13.0. The number of alkyl halides is 3. The molecule has 0 unspecified atom stereocenters. The van der Waals surface area contributed by atoms with Crippen molar-refractivity contribution < 1.29 is 30.0 Å². The predicted molar refractivity (Wildman–Crippen MR) is 146 cm³/mol. The van der Waals surface area contributed by atoms with Crippen LogP contribution in [0.25, 0.3) is 0 Å². The lowest BCUT2D eigenvalue weighted by Crippen LogP contribution is -2.41. The first-order valence-corrected chi connectivity index (χ1v) is 17.3. The van der Waals surface area contributed by atoms with Gasteiger partial charge in [-0.25, -0.2) is 21.1 Å². The van der Waals surface area contributed by atoms with E-state index in [0.717, 1.165) is 30.1 Å². The molecular formula is C25H36Cl2F3N3O4S2. The average molecular weight is 635 g/mol. The molecule has 3 saturated heterocycles. The minimum absolute atomic E-state index is 0.0272. The lowest BCUT2D eigenvalue weighted by Gasteiger charge is -2.34. The van der Waals surface area contributed by atoms with Gasteiger partial charge in [-0.15, -0.1) is 0 Å². The average Bonchev–Trinajstić information content (AvgIpc) is 3.39. The molecule has 0 radical (unpaired) electrons. The second kappa shape index (κ2) is 12.7. The van der Waals surface area contributed by atoms with E-state index in [-0.39, 0.29) is 24.8 Å². The Bertz CT molecular complexity index is 1190. The fourth-order valence-electron chi connectivity index (χ4n) is 5.83. The summed E-state index contributed by atoms with van der Waals surface area (Å²) in [4.78, 5) is 1.95. The molecule has 0 atom stereocenters. The van der Waals surface area contributed by atoms with Gasteiger partial charge in [0.05, 0.1) is 21.4 Å². The van der Waals surface area contributed by atoms with E-state index in [1.165, 1.54) is 25.9 Å². The maximum atomic E-state index is 13.1. The second-order valence-electron chi connectivity index (χ2n) is 10.9. The predicted octanol–water partition coefficient (Wildman–Crippen LogP) is 5.33. The third kappa shape index (κ3) is 7.81. The van der Waals surface area contributed by atoms with Gasteiger partial charge in [-0.1, -0.05) is 23.2 Å². The minimum atomic E-state index is -4.71. The van der Waals surface area contributed by atoms with Crippen LogP contribution in [0.2, 0.25) is 10.0 Å². The summed E-state index contributed by atoms with van der Waals surface area (Å²) < 4.78 is 94.1. The van der Waals surface area contributed by atoms with Gasteiger partial charge >= 0.3 is 6.18 Å². The second-order valence-corrected chi connectivity index (χ2v) is 15.7. The highest BCUT2D eigenvalue weighted by Crippen LogP contribution is 2.39. The van der Waals surface area contributed by atoms with Crippen molar-refractivity contribution in [1.29, 1.82) is 0 Å². The molecule has 0 aromatic heterocycles. The maximum absolute atomic E-state index is 13.1. The van der Waals surface area contributed by atoms with Gasteiger partial charge in [-0.2, -0.15) is 17.5 Å². The van der Waals surface area contributed by atoms with Crippen LogP contribution in [0.5, 0.6) is 0 Å². The molecule has 0 spiro atoms. The largest absolute Gasteiger partial charge is 0.416 e. The number of halogens is 5. The number of likely N-dealkylation sites (tertiary alicyclic amines) is 1. The highest BCUT2D eigenvalue weighted by molar-refractivity contribution is 7.89. The molecule has 3 aliphatic rings. The monoisotopic (exact) mass is 633 g/mol. The molecule has 1 aromatic rings. The third-order valence-electron chi connectivity index (χ3n) is 8.30. The van der Waals surface area contributed by atoms with Gasteiger partial charge in [0.2, 0.25) is 20.0 Å².